The summed E-state index contributed by atoms with van der Waals surface area (Å²) in [5.41, 5.74) is -0.629. The zero-order valence-corrected chi connectivity index (χ0v) is 15.8. The quantitative estimate of drug-likeness (QED) is 0.840. The fourth-order valence-corrected chi connectivity index (χ4v) is 3.68. The average molecular weight is 394 g/mol. The Morgan fingerprint density at radius 3 is 2.58 bits per heavy atom. The Morgan fingerprint density at radius 1 is 1.23 bits per heavy atom. The Kier molecular flexibility index (Phi) is 4.97. The van der Waals surface area contributed by atoms with E-state index in [1.54, 1.807) is 6.07 Å². The molecule has 3 rings (SSSR count). The highest BCUT2D eigenvalue weighted by molar-refractivity contribution is 6.44. The Bertz CT molecular complexity index is 899. The van der Waals surface area contributed by atoms with Gasteiger partial charge < -0.3 is 14.7 Å². The number of fused-ring (bicyclic) bond motifs is 1. The highest BCUT2D eigenvalue weighted by Crippen LogP contribution is 2.49. The number of hydrogen-bond donors (Lipinski definition) is 1. The minimum atomic E-state index is -1.96. The minimum absolute atomic E-state index is 0.121. The van der Waals surface area contributed by atoms with E-state index in [0.717, 1.165) is 5.56 Å². The van der Waals surface area contributed by atoms with E-state index in [1.807, 2.05) is 18.2 Å². The van der Waals surface area contributed by atoms with Crippen molar-refractivity contribution in [3.8, 4) is 5.75 Å². The van der Waals surface area contributed by atoms with Gasteiger partial charge in [-0.2, -0.15) is 0 Å². The van der Waals surface area contributed by atoms with Gasteiger partial charge in [0.05, 0.1) is 29.4 Å². The first-order valence-electron chi connectivity index (χ1n) is 7.93. The molecule has 0 saturated carbocycles. The van der Waals surface area contributed by atoms with Crippen LogP contribution in [0.2, 0.25) is 10.0 Å². The van der Waals surface area contributed by atoms with Crippen LogP contribution in [0.1, 0.15) is 24.5 Å². The van der Waals surface area contributed by atoms with Crippen molar-refractivity contribution >= 4 is 40.6 Å². The fraction of sp³-hybridized carbons (Fsp3) is 0.263. The van der Waals surface area contributed by atoms with Gasteiger partial charge in [-0.05, 0) is 19.1 Å². The van der Waals surface area contributed by atoms with Gasteiger partial charge in [-0.3, -0.25) is 9.59 Å². The van der Waals surface area contributed by atoms with Gasteiger partial charge in [-0.25, -0.2) is 0 Å². The van der Waals surface area contributed by atoms with Crippen molar-refractivity contribution in [3.63, 3.8) is 0 Å². The zero-order chi connectivity index (χ0) is 19.1. The summed E-state index contributed by atoms with van der Waals surface area (Å²) in [5, 5.41) is 11.4. The maximum Gasteiger partial charge on any atom is 0.264 e. The van der Waals surface area contributed by atoms with E-state index >= 15 is 0 Å². The number of benzene rings is 2. The predicted molar refractivity (Wildman–Crippen MR) is 99.8 cm³/mol. The van der Waals surface area contributed by atoms with Crippen LogP contribution in [0.3, 0.4) is 0 Å². The number of ether oxygens (including phenoxy) is 1. The standard InChI is InChI=1S/C19H17Cl2NO4/c1-11(23)9-19(25)13-7-8-14(20)16(21)17(13)22(18(19)24)10-12-5-3-4-6-15(12)26-2/h3-8,25H,9-10H2,1-2H3. The van der Waals surface area contributed by atoms with Crippen molar-refractivity contribution in [2.24, 2.45) is 0 Å². The van der Waals surface area contributed by atoms with Gasteiger partial charge in [0.1, 0.15) is 11.5 Å². The molecule has 1 amide bonds. The average Bonchev–Trinajstić information content (AvgIpc) is 2.80. The van der Waals surface area contributed by atoms with Crippen LogP contribution < -0.4 is 9.64 Å². The summed E-state index contributed by atoms with van der Waals surface area (Å²) in [6.07, 6.45) is -0.334. The van der Waals surface area contributed by atoms with Crippen LogP contribution in [-0.4, -0.2) is 23.9 Å². The van der Waals surface area contributed by atoms with Gasteiger partial charge in [0, 0.05) is 17.5 Å². The molecule has 1 atom stereocenters. The van der Waals surface area contributed by atoms with Crippen LogP contribution >= 0.6 is 23.2 Å². The van der Waals surface area contributed by atoms with E-state index in [9.17, 15) is 14.7 Å². The van der Waals surface area contributed by atoms with Crippen LogP contribution in [0.15, 0.2) is 36.4 Å². The first kappa shape index (κ1) is 18.7. The number of carbonyl (C=O) groups excluding carboxylic acids is 2. The molecule has 1 heterocycles. The lowest BCUT2D eigenvalue weighted by molar-refractivity contribution is -0.141. The van der Waals surface area contributed by atoms with E-state index in [2.05, 4.69) is 0 Å². The molecular weight excluding hydrogens is 377 g/mol. The summed E-state index contributed by atoms with van der Waals surface area (Å²) in [7, 11) is 1.54. The fourth-order valence-electron chi connectivity index (χ4n) is 3.26. The van der Waals surface area contributed by atoms with Crippen molar-refractivity contribution in [1.82, 2.24) is 0 Å². The normalized spacial score (nSPS) is 18.8. The van der Waals surface area contributed by atoms with Gasteiger partial charge in [0.15, 0.2) is 5.60 Å². The monoisotopic (exact) mass is 393 g/mol. The summed E-state index contributed by atoms with van der Waals surface area (Å²) in [6.45, 7) is 1.45. The number of Topliss-reactive ketones (excluding diaryl/α,β-unsaturated/α-hetero) is 1. The van der Waals surface area contributed by atoms with Crippen LogP contribution in [0.4, 0.5) is 5.69 Å². The van der Waals surface area contributed by atoms with Crippen LogP contribution in [-0.2, 0) is 21.7 Å². The zero-order valence-electron chi connectivity index (χ0n) is 14.3. The third-order valence-electron chi connectivity index (χ3n) is 4.41. The summed E-state index contributed by atoms with van der Waals surface area (Å²) in [6, 6.07) is 10.3. The molecule has 1 N–H and O–H groups in total. The lowest BCUT2D eigenvalue weighted by Crippen LogP contribution is -2.41. The lowest BCUT2D eigenvalue weighted by Gasteiger charge is -2.23. The number of methoxy groups -OCH3 is 1. The number of hydrogen-bond acceptors (Lipinski definition) is 4. The molecule has 0 bridgehead atoms. The molecule has 0 fully saturated rings. The molecule has 0 aromatic heterocycles. The number of rotatable bonds is 5. The van der Waals surface area contributed by atoms with E-state index in [-0.39, 0.29) is 34.4 Å². The number of carbonyl (C=O) groups is 2. The maximum absolute atomic E-state index is 13.1. The van der Waals surface area contributed by atoms with E-state index in [4.69, 9.17) is 27.9 Å². The van der Waals surface area contributed by atoms with Gasteiger partial charge in [0.2, 0.25) is 0 Å². The number of aliphatic hydroxyl groups is 1. The molecule has 2 aromatic rings. The molecule has 5 nitrogen and oxygen atoms in total. The number of nitrogens with zero attached hydrogens (tertiary/aromatic N) is 1. The third-order valence-corrected chi connectivity index (χ3v) is 5.20. The SMILES string of the molecule is COc1ccccc1CN1C(=O)C(O)(CC(C)=O)c2ccc(Cl)c(Cl)c21. The number of ketones is 1. The second-order valence-electron chi connectivity index (χ2n) is 6.20. The third kappa shape index (κ3) is 2.96. The maximum atomic E-state index is 13.1. The minimum Gasteiger partial charge on any atom is -0.496 e. The molecule has 1 aliphatic rings. The first-order valence-corrected chi connectivity index (χ1v) is 8.69. The number of anilines is 1. The van der Waals surface area contributed by atoms with Crippen molar-refractivity contribution in [1.29, 1.82) is 0 Å². The molecule has 1 aliphatic heterocycles. The van der Waals surface area contributed by atoms with Gasteiger partial charge in [-0.15, -0.1) is 0 Å². The molecule has 7 heteroatoms. The van der Waals surface area contributed by atoms with Gasteiger partial charge in [0.25, 0.3) is 5.91 Å². The molecule has 1 unspecified atom stereocenters. The first-order chi connectivity index (χ1) is 12.3. The molecule has 0 radical (unpaired) electrons. The summed E-state index contributed by atoms with van der Waals surface area (Å²) < 4.78 is 5.34. The molecule has 0 spiro atoms. The van der Waals surface area contributed by atoms with Crippen molar-refractivity contribution < 1.29 is 19.4 Å². The number of halogens is 2. The highest BCUT2D eigenvalue weighted by Gasteiger charge is 2.51. The van der Waals surface area contributed by atoms with Crippen LogP contribution in [0, 0.1) is 0 Å². The highest BCUT2D eigenvalue weighted by atomic mass is 35.5. The number of amides is 1. The molecule has 0 aliphatic carbocycles. The van der Waals surface area contributed by atoms with Crippen LogP contribution in [0.25, 0.3) is 0 Å². The summed E-state index contributed by atoms with van der Waals surface area (Å²) in [5.74, 6) is -0.322. The second kappa shape index (κ2) is 6.91. The van der Waals surface area contributed by atoms with E-state index < -0.39 is 11.5 Å². The Morgan fingerprint density at radius 2 is 1.92 bits per heavy atom. The largest absolute Gasteiger partial charge is 0.496 e. The molecule has 26 heavy (non-hydrogen) atoms. The van der Waals surface area contributed by atoms with Gasteiger partial charge in [-0.1, -0.05) is 47.5 Å². The predicted octanol–water partition coefficient (Wildman–Crippen LogP) is 3.72. The second-order valence-corrected chi connectivity index (χ2v) is 6.98. The van der Waals surface area contributed by atoms with Gasteiger partial charge >= 0.3 is 0 Å². The molecule has 136 valence electrons. The molecular formula is C19H17Cl2NO4. The topological polar surface area (TPSA) is 66.8 Å². The molecule has 0 saturated heterocycles. The Balaban J connectivity index is 2.14. The van der Waals surface area contributed by atoms with E-state index in [0.29, 0.717) is 11.4 Å². The number of para-hydroxylation sites is 1. The lowest BCUT2D eigenvalue weighted by atomic mass is 9.90. The summed E-state index contributed by atoms with van der Waals surface area (Å²) >= 11 is 12.5. The van der Waals surface area contributed by atoms with Crippen molar-refractivity contribution in [3.05, 3.63) is 57.6 Å². The van der Waals surface area contributed by atoms with E-state index in [1.165, 1.54) is 31.1 Å². The van der Waals surface area contributed by atoms with Crippen molar-refractivity contribution in [2.75, 3.05) is 12.0 Å². The summed E-state index contributed by atoms with van der Waals surface area (Å²) in [4.78, 5) is 26.1. The molecule has 2 aromatic carbocycles. The Labute approximate surface area is 161 Å². The Hall–Kier alpha value is -2.08. The van der Waals surface area contributed by atoms with Crippen LogP contribution in [0.5, 0.6) is 5.75 Å². The van der Waals surface area contributed by atoms with Crippen molar-refractivity contribution in [2.45, 2.75) is 25.5 Å². The smallest absolute Gasteiger partial charge is 0.264 e.